The summed E-state index contributed by atoms with van der Waals surface area (Å²) in [6.07, 6.45) is 1.23. The second-order valence-corrected chi connectivity index (χ2v) is 7.58. The van der Waals surface area contributed by atoms with Gasteiger partial charge in [0.15, 0.2) is 17.1 Å². The van der Waals surface area contributed by atoms with Crippen molar-refractivity contribution in [2.45, 2.75) is 24.7 Å². The first-order chi connectivity index (χ1) is 15.4. The highest BCUT2D eigenvalue weighted by atomic mass is 32.2. The SMILES string of the molecule is C=CCn1c(SCC(=O)Nc2cc(F)ccc2F)nnc1C(C)Oc1cccc(OC)c1. The third-order valence-electron chi connectivity index (χ3n) is 4.31. The number of methoxy groups -OCH3 is 1. The van der Waals surface area contributed by atoms with Crippen LogP contribution in [0.15, 0.2) is 60.3 Å². The molecule has 3 aromatic rings. The molecule has 168 valence electrons. The number of halogens is 2. The normalized spacial score (nSPS) is 11.6. The summed E-state index contributed by atoms with van der Waals surface area (Å²) in [5.74, 6) is -0.118. The van der Waals surface area contributed by atoms with Crippen molar-refractivity contribution in [1.82, 2.24) is 14.8 Å². The van der Waals surface area contributed by atoms with E-state index in [9.17, 15) is 13.6 Å². The molecule has 0 fully saturated rings. The first-order valence-electron chi connectivity index (χ1n) is 9.63. The summed E-state index contributed by atoms with van der Waals surface area (Å²) in [5.41, 5.74) is -0.218. The lowest BCUT2D eigenvalue weighted by atomic mass is 10.3. The fourth-order valence-electron chi connectivity index (χ4n) is 2.85. The third-order valence-corrected chi connectivity index (χ3v) is 5.28. The molecule has 0 aliphatic heterocycles. The van der Waals surface area contributed by atoms with Gasteiger partial charge in [0.1, 0.15) is 23.1 Å². The van der Waals surface area contributed by atoms with Gasteiger partial charge in [0.05, 0.1) is 18.6 Å². The quantitative estimate of drug-likeness (QED) is 0.351. The molecule has 0 aliphatic rings. The van der Waals surface area contributed by atoms with Crippen LogP contribution in [0.5, 0.6) is 11.5 Å². The van der Waals surface area contributed by atoms with Crippen molar-refractivity contribution in [3.8, 4) is 11.5 Å². The molecule has 0 bridgehead atoms. The zero-order valence-electron chi connectivity index (χ0n) is 17.5. The summed E-state index contributed by atoms with van der Waals surface area (Å²) in [5, 5.41) is 11.2. The summed E-state index contributed by atoms with van der Waals surface area (Å²) in [6.45, 7) is 5.98. The molecule has 1 aromatic heterocycles. The predicted molar refractivity (Wildman–Crippen MR) is 118 cm³/mol. The summed E-state index contributed by atoms with van der Waals surface area (Å²) in [4.78, 5) is 12.2. The number of aromatic nitrogens is 3. The first kappa shape index (κ1) is 23.3. The zero-order chi connectivity index (χ0) is 23.1. The van der Waals surface area contributed by atoms with Crippen LogP contribution in [0, 0.1) is 11.6 Å². The van der Waals surface area contributed by atoms with E-state index in [1.807, 2.05) is 19.1 Å². The summed E-state index contributed by atoms with van der Waals surface area (Å²) in [7, 11) is 1.57. The predicted octanol–water partition coefficient (Wildman–Crippen LogP) is 4.62. The van der Waals surface area contributed by atoms with E-state index in [4.69, 9.17) is 9.47 Å². The number of carbonyl (C=O) groups is 1. The Morgan fingerprint density at radius 2 is 2.03 bits per heavy atom. The number of hydrogen-bond acceptors (Lipinski definition) is 6. The van der Waals surface area contributed by atoms with Gasteiger partial charge >= 0.3 is 0 Å². The maximum Gasteiger partial charge on any atom is 0.234 e. The molecule has 0 saturated carbocycles. The van der Waals surface area contributed by atoms with Gasteiger partial charge < -0.3 is 14.8 Å². The van der Waals surface area contributed by atoms with Crippen molar-refractivity contribution in [3.05, 3.63) is 72.6 Å². The Labute approximate surface area is 188 Å². The lowest BCUT2D eigenvalue weighted by Crippen LogP contribution is -2.16. The molecule has 10 heteroatoms. The molecular formula is C22H22F2N4O3S. The molecule has 3 rings (SSSR count). The molecule has 1 N–H and O–H groups in total. The van der Waals surface area contributed by atoms with Crippen molar-refractivity contribution in [2.75, 3.05) is 18.2 Å². The van der Waals surface area contributed by atoms with E-state index >= 15 is 0 Å². The van der Waals surface area contributed by atoms with E-state index in [0.29, 0.717) is 29.0 Å². The van der Waals surface area contributed by atoms with Gasteiger partial charge in [0, 0.05) is 18.7 Å². The average Bonchev–Trinajstić information content (AvgIpc) is 3.18. The van der Waals surface area contributed by atoms with Crippen LogP contribution in [0.3, 0.4) is 0 Å². The van der Waals surface area contributed by atoms with Gasteiger partial charge in [0.2, 0.25) is 5.91 Å². The van der Waals surface area contributed by atoms with Crippen molar-refractivity contribution < 1.29 is 23.0 Å². The highest BCUT2D eigenvalue weighted by Crippen LogP contribution is 2.27. The highest BCUT2D eigenvalue weighted by molar-refractivity contribution is 7.99. The third kappa shape index (κ3) is 5.85. The fourth-order valence-corrected chi connectivity index (χ4v) is 3.60. The number of nitrogens with zero attached hydrogens (tertiary/aromatic N) is 3. The molecule has 0 aliphatic carbocycles. The molecule has 0 radical (unpaired) electrons. The van der Waals surface area contributed by atoms with Crippen LogP contribution in [-0.2, 0) is 11.3 Å². The van der Waals surface area contributed by atoms with Crippen LogP contribution in [-0.4, -0.2) is 33.5 Å². The number of carbonyl (C=O) groups excluding carboxylic acids is 1. The number of anilines is 1. The van der Waals surface area contributed by atoms with Crippen LogP contribution in [0.4, 0.5) is 14.5 Å². The lowest BCUT2D eigenvalue weighted by Gasteiger charge is -2.16. The second kappa shape index (κ2) is 10.8. The van der Waals surface area contributed by atoms with Crippen molar-refractivity contribution >= 4 is 23.4 Å². The number of ether oxygens (including phenoxy) is 2. The van der Waals surface area contributed by atoms with Gasteiger partial charge in [-0.25, -0.2) is 8.78 Å². The van der Waals surface area contributed by atoms with Crippen molar-refractivity contribution in [2.24, 2.45) is 0 Å². The number of hydrogen-bond donors (Lipinski definition) is 1. The Morgan fingerprint density at radius 3 is 2.78 bits per heavy atom. The highest BCUT2D eigenvalue weighted by Gasteiger charge is 2.20. The Hall–Kier alpha value is -3.40. The van der Waals surface area contributed by atoms with Crippen molar-refractivity contribution in [3.63, 3.8) is 0 Å². The topological polar surface area (TPSA) is 78.3 Å². The van der Waals surface area contributed by atoms with E-state index in [1.165, 1.54) is 0 Å². The molecule has 0 spiro atoms. The number of nitrogens with one attached hydrogen (secondary N) is 1. The number of rotatable bonds is 10. The summed E-state index contributed by atoms with van der Waals surface area (Å²) >= 11 is 1.11. The van der Waals surface area contributed by atoms with Crippen LogP contribution < -0.4 is 14.8 Å². The molecule has 1 unspecified atom stereocenters. The first-order valence-corrected chi connectivity index (χ1v) is 10.6. The molecule has 1 atom stereocenters. The largest absolute Gasteiger partial charge is 0.497 e. The van der Waals surface area contributed by atoms with E-state index in [-0.39, 0.29) is 11.4 Å². The van der Waals surface area contributed by atoms with Gasteiger partial charge in [-0.1, -0.05) is 23.9 Å². The minimum absolute atomic E-state index is 0.0731. The average molecular weight is 461 g/mol. The Kier molecular flexibility index (Phi) is 7.82. The smallest absolute Gasteiger partial charge is 0.234 e. The molecule has 7 nitrogen and oxygen atoms in total. The maximum atomic E-state index is 13.7. The maximum absolute atomic E-state index is 13.7. The van der Waals surface area contributed by atoms with E-state index in [2.05, 4.69) is 22.1 Å². The molecule has 0 saturated heterocycles. The van der Waals surface area contributed by atoms with Gasteiger partial charge in [-0.15, -0.1) is 16.8 Å². The summed E-state index contributed by atoms with van der Waals surface area (Å²) < 4.78 is 40.0. The monoisotopic (exact) mass is 460 g/mol. The number of allylic oxidation sites excluding steroid dienone is 1. The van der Waals surface area contributed by atoms with Crippen LogP contribution in [0.1, 0.15) is 18.9 Å². The molecule has 1 amide bonds. The molecule has 32 heavy (non-hydrogen) atoms. The van der Waals surface area contributed by atoms with Gasteiger partial charge in [-0.3, -0.25) is 9.36 Å². The van der Waals surface area contributed by atoms with E-state index in [1.54, 1.807) is 29.9 Å². The zero-order valence-corrected chi connectivity index (χ0v) is 18.4. The summed E-state index contributed by atoms with van der Waals surface area (Å²) in [6, 6.07) is 10.1. The van der Waals surface area contributed by atoms with E-state index < -0.39 is 23.6 Å². The lowest BCUT2D eigenvalue weighted by molar-refractivity contribution is -0.113. The molecular weight excluding hydrogens is 438 g/mol. The minimum Gasteiger partial charge on any atom is -0.497 e. The molecule has 2 aromatic carbocycles. The van der Waals surface area contributed by atoms with Crippen LogP contribution in [0.2, 0.25) is 0 Å². The Bertz CT molecular complexity index is 1110. The van der Waals surface area contributed by atoms with Gasteiger partial charge in [-0.05, 0) is 31.2 Å². The van der Waals surface area contributed by atoms with Crippen LogP contribution >= 0.6 is 11.8 Å². The fraction of sp³-hybridized carbons (Fsp3) is 0.227. The van der Waals surface area contributed by atoms with Crippen LogP contribution in [0.25, 0.3) is 0 Å². The minimum atomic E-state index is -0.717. The van der Waals surface area contributed by atoms with Gasteiger partial charge in [-0.2, -0.15) is 0 Å². The van der Waals surface area contributed by atoms with Gasteiger partial charge in [0.25, 0.3) is 0 Å². The number of amides is 1. The van der Waals surface area contributed by atoms with E-state index in [0.717, 1.165) is 30.0 Å². The number of thioether (sulfide) groups is 1. The number of benzene rings is 2. The molecule has 1 heterocycles. The Balaban J connectivity index is 1.69. The Morgan fingerprint density at radius 1 is 1.25 bits per heavy atom. The van der Waals surface area contributed by atoms with Crippen molar-refractivity contribution in [1.29, 1.82) is 0 Å². The standard InChI is InChI=1S/C22H22F2N4O3S/c1-4-10-28-21(14(2)31-17-7-5-6-16(12-17)30-3)26-27-22(28)32-13-20(29)25-19-11-15(23)8-9-18(19)24/h4-9,11-12,14H,1,10,13H2,2-3H3,(H,25,29). The second-order valence-electron chi connectivity index (χ2n) is 6.64.